The van der Waals surface area contributed by atoms with E-state index in [0.29, 0.717) is 6.42 Å². The smallest absolute Gasteiger partial charge is 0.411 e. The van der Waals surface area contributed by atoms with Gasteiger partial charge in [0.1, 0.15) is 12.4 Å². The molecule has 0 fully saturated rings. The van der Waals surface area contributed by atoms with Crippen molar-refractivity contribution < 1.29 is 28.6 Å². The second kappa shape index (κ2) is 10.4. The van der Waals surface area contributed by atoms with Gasteiger partial charge in [0, 0.05) is 23.2 Å². The summed E-state index contributed by atoms with van der Waals surface area (Å²) in [5.41, 5.74) is 4.36. The minimum absolute atomic E-state index is 0.0391. The van der Waals surface area contributed by atoms with Crippen molar-refractivity contribution in [2.24, 2.45) is 0 Å². The average molecular weight is 477 g/mol. The van der Waals surface area contributed by atoms with E-state index < -0.39 is 29.8 Å². The van der Waals surface area contributed by atoms with Crippen LogP contribution in [0.3, 0.4) is 0 Å². The van der Waals surface area contributed by atoms with Gasteiger partial charge in [-0.05, 0) is 46.9 Å². The fourth-order valence-corrected chi connectivity index (χ4v) is 4.32. The number of ether oxygens (including phenoxy) is 1. The molecule has 0 aliphatic heterocycles. The van der Waals surface area contributed by atoms with Crippen LogP contribution in [0.1, 0.15) is 47.2 Å². The molecule has 0 spiro atoms. The van der Waals surface area contributed by atoms with E-state index in [1.54, 1.807) is 6.92 Å². The van der Waals surface area contributed by atoms with E-state index in [4.69, 9.17) is 9.84 Å². The van der Waals surface area contributed by atoms with Crippen molar-refractivity contribution in [1.29, 1.82) is 0 Å². The molecule has 1 unspecified atom stereocenters. The predicted octanol–water partition coefficient (Wildman–Crippen LogP) is 5.17. The topological polar surface area (TPSA) is 105 Å². The molecule has 1 atom stereocenters. The van der Waals surface area contributed by atoms with Gasteiger partial charge >= 0.3 is 12.1 Å². The van der Waals surface area contributed by atoms with Crippen LogP contribution in [0.25, 0.3) is 11.1 Å². The van der Waals surface area contributed by atoms with Crippen molar-refractivity contribution in [2.45, 2.75) is 31.7 Å². The third-order valence-electron chi connectivity index (χ3n) is 6.00. The van der Waals surface area contributed by atoms with Gasteiger partial charge in [-0.25, -0.2) is 9.18 Å². The molecule has 3 aromatic carbocycles. The molecule has 0 bridgehead atoms. The zero-order valence-electron chi connectivity index (χ0n) is 19.1. The van der Waals surface area contributed by atoms with E-state index >= 15 is 0 Å². The lowest BCUT2D eigenvalue weighted by atomic mass is 9.98. The van der Waals surface area contributed by atoms with Crippen LogP contribution >= 0.6 is 0 Å². The van der Waals surface area contributed by atoms with Gasteiger partial charge in [-0.2, -0.15) is 0 Å². The fourth-order valence-electron chi connectivity index (χ4n) is 4.32. The molecule has 0 saturated carbocycles. The van der Waals surface area contributed by atoms with Gasteiger partial charge in [0.25, 0.3) is 5.91 Å². The van der Waals surface area contributed by atoms with Crippen molar-refractivity contribution in [3.63, 3.8) is 0 Å². The quantitative estimate of drug-likeness (QED) is 0.416. The molecular weight excluding hydrogens is 451 g/mol. The maximum absolute atomic E-state index is 14.2. The molecule has 8 heteroatoms. The van der Waals surface area contributed by atoms with Crippen molar-refractivity contribution in [3.8, 4) is 11.1 Å². The zero-order valence-corrected chi connectivity index (χ0v) is 19.1. The normalized spacial score (nSPS) is 12.9. The van der Waals surface area contributed by atoms with Gasteiger partial charge in [-0.3, -0.25) is 14.9 Å². The molecule has 0 radical (unpaired) electrons. The summed E-state index contributed by atoms with van der Waals surface area (Å²) >= 11 is 0. The molecule has 4 rings (SSSR count). The van der Waals surface area contributed by atoms with E-state index in [1.165, 1.54) is 6.07 Å². The highest BCUT2D eigenvalue weighted by Crippen LogP contribution is 2.44. The Hall–Kier alpha value is -4.20. The lowest BCUT2D eigenvalue weighted by Gasteiger charge is -2.16. The standard InChI is InChI=1S/C27H25FN2O5/c1-2-18(14-25(31)32)29-26(33)16-11-17(28)13-19(12-16)30-27(34)35-15-24-22-9-5-3-7-20(22)21-8-4-6-10-23(21)24/h3-13,18,24H,2,14-15H2,1H3,(H,29,33)(H,30,34)(H,31,32). The first-order valence-corrected chi connectivity index (χ1v) is 11.3. The predicted molar refractivity (Wildman–Crippen MR) is 129 cm³/mol. The number of hydrogen-bond donors (Lipinski definition) is 3. The number of hydrogen-bond acceptors (Lipinski definition) is 4. The van der Waals surface area contributed by atoms with Crippen LogP contribution < -0.4 is 10.6 Å². The molecule has 180 valence electrons. The number of nitrogens with one attached hydrogen (secondary N) is 2. The summed E-state index contributed by atoms with van der Waals surface area (Å²) in [6.07, 6.45) is -0.623. The number of halogens is 1. The van der Waals surface area contributed by atoms with Gasteiger partial charge in [0.15, 0.2) is 0 Å². The molecule has 1 aliphatic carbocycles. The van der Waals surface area contributed by atoms with Crippen LogP contribution in [0, 0.1) is 5.82 Å². The fraction of sp³-hybridized carbons (Fsp3) is 0.222. The first-order valence-electron chi connectivity index (χ1n) is 11.3. The third-order valence-corrected chi connectivity index (χ3v) is 6.00. The van der Waals surface area contributed by atoms with Crippen molar-refractivity contribution in [2.75, 3.05) is 11.9 Å². The summed E-state index contributed by atoms with van der Waals surface area (Å²) < 4.78 is 19.6. The number of aliphatic carboxylic acids is 1. The molecule has 0 heterocycles. The van der Waals surface area contributed by atoms with Crippen LogP contribution in [0.4, 0.5) is 14.9 Å². The van der Waals surface area contributed by atoms with E-state index in [-0.39, 0.29) is 30.2 Å². The van der Waals surface area contributed by atoms with Crippen LogP contribution in [-0.4, -0.2) is 35.7 Å². The number of carboxylic acids is 1. The minimum atomic E-state index is -1.05. The number of fused-ring (bicyclic) bond motifs is 3. The Labute approximate surface area is 201 Å². The number of rotatable bonds is 8. The maximum Gasteiger partial charge on any atom is 0.411 e. The summed E-state index contributed by atoms with van der Waals surface area (Å²) in [6.45, 7) is 1.83. The van der Waals surface area contributed by atoms with Crippen molar-refractivity contribution in [1.82, 2.24) is 5.32 Å². The summed E-state index contributed by atoms with van der Waals surface area (Å²) in [4.78, 5) is 36.0. The average Bonchev–Trinajstić information content (AvgIpc) is 3.15. The van der Waals surface area contributed by atoms with Gasteiger partial charge in [-0.1, -0.05) is 55.5 Å². The molecule has 0 aromatic heterocycles. The van der Waals surface area contributed by atoms with Crippen molar-refractivity contribution >= 4 is 23.7 Å². The number of carboxylic acid groups (broad SMARTS) is 1. The first-order chi connectivity index (χ1) is 16.9. The summed E-state index contributed by atoms with van der Waals surface area (Å²) in [5, 5.41) is 14.0. The Morgan fingerprint density at radius 1 is 1.00 bits per heavy atom. The molecule has 3 N–H and O–H groups in total. The maximum atomic E-state index is 14.2. The Balaban J connectivity index is 1.42. The number of carbonyl (C=O) groups is 3. The molecule has 0 saturated heterocycles. The lowest BCUT2D eigenvalue weighted by molar-refractivity contribution is -0.137. The lowest BCUT2D eigenvalue weighted by Crippen LogP contribution is -2.36. The highest BCUT2D eigenvalue weighted by Gasteiger charge is 2.29. The SMILES string of the molecule is CCC(CC(=O)O)NC(=O)c1cc(F)cc(NC(=O)OCC2c3ccccc3-c3ccccc32)c1. The largest absolute Gasteiger partial charge is 0.481 e. The monoisotopic (exact) mass is 476 g/mol. The van der Waals surface area contributed by atoms with Gasteiger partial charge in [-0.15, -0.1) is 0 Å². The number of amides is 2. The van der Waals surface area contributed by atoms with E-state index in [0.717, 1.165) is 34.4 Å². The number of anilines is 1. The molecule has 35 heavy (non-hydrogen) atoms. The highest BCUT2D eigenvalue weighted by atomic mass is 19.1. The number of carbonyl (C=O) groups excluding carboxylic acids is 2. The molecular formula is C27H25FN2O5. The Morgan fingerprint density at radius 2 is 1.63 bits per heavy atom. The van der Waals surface area contributed by atoms with Crippen LogP contribution in [0.5, 0.6) is 0 Å². The molecule has 2 amide bonds. The van der Waals surface area contributed by atoms with Crippen LogP contribution in [0.2, 0.25) is 0 Å². The van der Waals surface area contributed by atoms with Crippen LogP contribution in [-0.2, 0) is 9.53 Å². The van der Waals surface area contributed by atoms with Crippen molar-refractivity contribution in [3.05, 3.63) is 89.2 Å². The second-order valence-corrected chi connectivity index (χ2v) is 8.36. The van der Waals surface area contributed by atoms with E-state index in [9.17, 15) is 18.8 Å². The second-order valence-electron chi connectivity index (χ2n) is 8.36. The van der Waals surface area contributed by atoms with Crippen LogP contribution in [0.15, 0.2) is 66.7 Å². The summed E-state index contributed by atoms with van der Waals surface area (Å²) in [6, 6.07) is 18.7. The summed E-state index contributed by atoms with van der Waals surface area (Å²) in [7, 11) is 0. The third kappa shape index (κ3) is 5.48. The molecule has 7 nitrogen and oxygen atoms in total. The highest BCUT2D eigenvalue weighted by molar-refractivity contribution is 5.96. The summed E-state index contributed by atoms with van der Waals surface area (Å²) in [5.74, 6) is -2.53. The molecule has 3 aromatic rings. The minimum Gasteiger partial charge on any atom is -0.481 e. The first kappa shape index (κ1) is 23.9. The number of benzene rings is 3. The van der Waals surface area contributed by atoms with E-state index in [1.807, 2.05) is 48.5 Å². The Kier molecular flexibility index (Phi) is 7.10. The molecule has 1 aliphatic rings. The Morgan fingerprint density at radius 3 is 2.23 bits per heavy atom. The van der Waals surface area contributed by atoms with Gasteiger partial charge in [0.2, 0.25) is 0 Å². The van der Waals surface area contributed by atoms with E-state index in [2.05, 4.69) is 10.6 Å². The Bertz CT molecular complexity index is 1230. The zero-order chi connectivity index (χ0) is 24.9. The van der Waals surface area contributed by atoms with Gasteiger partial charge in [0.05, 0.1) is 6.42 Å². The van der Waals surface area contributed by atoms with Gasteiger partial charge < -0.3 is 15.2 Å².